The van der Waals surface area contributed by atoms with Gasteiger partial charge in [0.15, 0.2) is 5.05 Å². The number of nitrogens with one attached hydrogen (secondary N) is 1. The van der Waals surface area contributed by atoms with Crippen LogP contribution < -0.4 is 5.32 Å². The number of carbonyl (C=O) groups is 1. The second-order valence-corrected chi connectivity index (χ2v) is 3.38. The maximum absolute atomic E-state index is 10.8. The van der Waals surface area contributed by atoms with Gasteiger partial charge >= 0.3 is 0 Å². The molecule has 0 saturated carbocycles. The molecule has 1 amide bonds. The van der Waals surface area contributed by atoms with E-state index in [4.69, 9.17) is 5.11 Å². The van der Waals surface area contributed by atoms with Crippen LogP contribution in [0.3, 0.4) is 0 Å². The van der Waals surface area contributed by atoms with E-state index in [1.54, 1.807) is 6.07 Å². The van der Waals surface area contributed by atoms with E-state index < -0.39 is 0 Å². The van der Waals surface area contributed by atoms with Crippen molar-refractivity contribution in [1.29, 1.82) is 0 Å². The lowest BCUT2D eigenvalue weighted by Crippen LogP contribution is -2.09. The Morgan fingerprint density at radius 1 is 1.50 bits per heavy atom. The van der Waals surface area contributed by atoms with E-state index in [-0.39, 0.29) is 17.4 Å². The first kappa shape index (κ1) is 10.7. The predicted molar refractivity (Wildman–Crippen MR) is 59.7 cm³/mol. The first-order valence-corrected chi connectivity index (χ1v) is 4.57. The van der Waals surface area contributed by atoms with Crippen molar-refractivity contribution in [3.8, 4) is 0 Å². The summed E-state index contributed by atoms with van der Waals surface area (Å²) in [6.07, 6.45) is 0.284. The van der Waals surface area contributed by atoms with Crippen molar-refractivity contribution in [2.45, 2.75) is 13.3 Å². The lowest BCUT2D eigenvalue weighted by atomic mass is 10.1. The van der Waals surface area contributed by atoms with Crippen molar-refractivity contribution < 1.29 is 9.90 Å². The molecule has 0 aromatic heterocycles. The maximum Gasteiger partial charge on any atom is 0.221 e. The van der Waals surface area contributed by atoms with Crippen molar-refractivity contribution >= 4 is 28.9 Å². The Balaban J connectivity index is 2.90. The summed E-state index contributed by atoms with van der Waals surface area (Å²) in [7, 11) is 0. The van der Waals surface area contributed by atoms with Gasteiger partial charge in [0.2, 0.25) is 5.91 Å². The van der Waals surface area contributed by atoms with Gasteiger partial charge in [-0.1, -0.05) is 18.2 Å². The molecule has 0 aliphatic carbocycles. The van der Waals surface area contributed by atoms with Gasteiger partial charge in [0, 0.05) is 19.0 Å². The number of thiocarbonyl (C=S) groups is 1. The molecule has 0 aliphatic rings. The number of aliphatic hydroxyl groups excluding tert-OH is 1. The third kappa shape index (κ3) is 3.14. The number of anilines is 1. The highest BCUT2D eigenvalue weighted by atomic mass is 32.1. The zero-order valence-corrected chi connectivity index (χ0v) is 8.60. The topological polar surface area (TPSA) is 49.3 Å². The highest BCUT2D eigenvalue weighted by molar-refractivity contribution is 7.80. The Hall–Kier alpha value is -1.42. The second kappa shape index (κ2) is 4.72. The van der Waals surface area contributed by atoms with Gasteiger partial charge in [-0.2, -0.15) is 0 Å². The molecule has 0 spiro atoms. The molecule has 0 bridgehead atoms. The minimum absolute atomic E-state index is 0.0807. The molecular formula is C10H11NO2S. The van der Waals surface area contributed by atoms with Gasteiger partial charge < -0.3 is 10.4 Å². The highest BCUT2D eigenvalue weighted by Gasteiger charge is 2.04. The van der Waals surface area contributed by atoms with E-state index in [2.05, 4.69) is 17.5 Å². The van der Waals surface area contributed by atoms with E-state index in [1.165, 1.54) is 6.92 Å². The normalized spacial score (nSPS) is 9.50. The monoisotopic (exact) mass is 209 g/mol. The average Bonchev–Trinajstić information content (AvgIpc) is 2.06. The zero-order valence-electron chi connectivity index (χ0n) is 7.78. The number of carbonyl (C=O) groups excluding carboxylic acids is 1. The van der Waals surface area contributed by atoms with Gasteiger partial charge in [-0.15, -0.1) is 0 Å². The molecule has 14 heavy (non-hydrogen) atoms. The molecule has 0 fully saturated rings. The van der Waals surface area contributed by atoms with Gasteiger partial charge in [-0.3, -0.25) is 4.79 Å². The molecular weight excluding hydrogens is 198 g/mol. The van der Waals surface area contributed by atoms with E-state index in [0.29, 0.717) is 5.69 Å². The fourth-order valence-corrected chi connectivity index (χ4v) is 1.30. The third-order valence-corrected chi connectivity index (χ3v) is 1.81. The van der Waals surface area contributed by atoms with Crippen LogP contribution in [0.4, 0.5) is 5.69 Å². The maximum atomic E-state index is 10.8. The molecule has 74 valence electrons. The third-order valence-electron chi connectivity index (χ3n) is 1.67. The van der Waals surface area contributed by atoms with Crippen LogP contribution in [-0.4, -0.2) is 16.1 Å². The van der Waals surface area contributed by atoms with Gasteiger partial charge in [-0.25, -0.2) is 0 Å². The highest BCUT2D eigenvalue weighted by Crippen LogP contribution is 2.15. The lowest BCUT2D eigenvalue weighted by Gasteiger charge is -2.07. The smallest absolute Gasteiger partial charge is 0.221 e. The Morgan fingerprint density at radius 3 is 2.71 bits per heavy atom. The summed E-state index contributed by atoms with van der Waals surface area (Å²) in [4.78, 5) is 10.8. The van der Waals surface area contributed by atoms with Gasteiger partial charge in [0.1, 0.15) is 0 Å². The first-order chi connectivity index (χ1) is 6.59. The SMILES string of the molecule is CC(=O)Nc1ccccc1CC(O)=S. The minimum Gasteiger partial charge on any atom is -0.502 e. The van der Waals surface area contributed by atoms with Crippen molar-refractivity contribution in [1.82, 2.24) is 0 Å². The quantitative estimate of drug-likeness (QED) is 0.749. The van der Waals surface area contributed by atoms with E-state index in [9.17, 15) is 4.79 Å². The summed E-state index contributed by atoms with van der Waals surface area (Å²) in [6, 6.07) is 7.23. The summed E-state index contributed by atoms with van der Waals surface area (Å²) < 4.78 is 0. The van der Waals surface area contributed by atoms with Crippen LogP contribution in [0.25, 0.3) is 0 Å². The van der Waals surface area contributed by atoms with Crippen LogP contribution in [-0.2, 0) is 11.2 Å². The largest absolute Gasteiger partial charge is 0.502 e. The molecule has 0 heterocycles. The summed E-state index contributed by atoms with van der Waals surface area (Å²) in [5.41, 5.74) is 1.51. The van der Waals surface area contributed by atoms with Gasteiger partial charge in [-0.05, 0) is 23.8 Å². The van der Waals surface area contributed by atoms with E-state index in [0.717, 1.165) is 5.56 Å². The number of para-hydroxylation sites is 1. The molecule has 4 heteroatoms. The van der Waals surface area contributed by atoms with Crippen LogP contribution in [0, 0.1) is 0 Å². The van der Waals surface area contributed by atoms with E-state index in [1.807, 2.05) is 18.2 Å². The first-order valence-electron chi connectivity index (χ1n) is 4.17. The number of amides is 1. The van der Waals surface area contributed by atoms with Crippen molar-refractivity contribution in [3.63, 3.8) is 0 Å². The molecule has 1 aromatic rings. The van der Waals surface area contributed by atoms with Crippen molar-refractivity contribution in [3.05, 3.63) is 29.8 Å². The molecule has 0 radical (unpaired) electrons. The van der Waals surface area contributed by atoms with Crippen LogP contribution in [0.15, 0.2) is 24.3 Å². The van der Waals surface area contributed by atoms with Crippen LogP contribution in [0.1, 0.15) is 12.5 Å². The number of rotatable bonds is 3. The number of benzene rings is 1. The van der Waals surface area contributed by atoms with Crippen LogP contribution in [0.5, 0.6) is 0 Å². The Bertz CT molecular complexity index is 328. The Labute approximate surface area is 87.8 Å². The molecule has 1 rings (SSSR count). The summed E-state index contributed by atoms with van der Waals surface area (Å²) in [5, 5.41) is 11.6. The fraction of sp³-hybridized carbons (Fsp3) is 0.200. The average molecular weight is 209 g/mol. The standard InChI is InChI=1S/C10H11NO2S/c1-7(12)11-9-5-3-2-4-8(9)6-10(13)14/h2-5H,6H2,1H3,(H,11,12)(H,13,14). The van der Waals surface area contributed by atoms with Gasteiger partial charge in [0.05, 0.1) is 0 Å². The molecule has 0 saturated heterocycles. The van der Waals surface area contributed by atoms with E-state index >= 15 is 0 Å². The van der Waals surface area contributed by atoms with Crippen LogP contribution in [0.2, 0.25) is 0 Å². The predicted octanol–water partition coefficient (Wildman–Crippen LogP) is 2.07. The molecule has 3 nitrogen and oxygen atoms in total. The Morgan fingerprint density at radius 2 is 2.14 bits per heavy atom. The summed E-state index contributed by atoms with van der Waals surface area (Å²) >= 11 is 4.59. The molecule has 0 atom stereocenters. The van der Waals surface area contributed by atoms with Crippen molar-refractivity contribution in [2.24, 2.45) is 0 Å². The fourth-order valence-electron chi connectivity index (χ4n) is 1.15. The number of hydrogen-bond donors (Lipinski definition) is 2. The number of aliphatic hydroxyl groups is 1. The van der Waals surface area contributed by atoms with Crippen LogP contribution >= 0.6 is 12.2 Å². The summed E-state index contributed by atoms with van der Waals surface area (Å²) in [6.45, 7) is 1.44. The molecule has 1 aromatic carbocycles. The Kier molecular flexibility index (Phi) is 3.59. The summed E-state index contributed by atoms with van der Waals surface area (Å²) in [5.74, 6) is -0.138. The molecule has 0 aliphatic heterocycles. The number of hydrogen-bond acceptors (Lipinski definition) is 2. The lowest BCUT2D eigenvalue weighted by molar-refractivity contribution is -0.114. The molecule has 2 N–H and O–H groups in total. The molecule has 0 unspecified atom stereocenters. The second-order valence-electron chi connectivity index (χ2n) is 2.91. The minimum atomic E-state index is -0.138. The van der Waals surface area contributed by atoms with Crippen molar-refractivity contribution in [2.75, 3.05) is 5.32 Å². The van der Waals surface area contributed by atoms with Gasteiger partial charge in [0.25, 0.3) is 0 Å². The zero-order chi connectivity index (χ0) is 10.6.